The fourth-order valence-corrected chi connectivity index (χ4v) is 1.03. The van der Waals surface area contributed by atoms with Crippen LogP contribution >= 0.6 is 0 Å². The van der Waals surface area contributed by atoms with Crippen molar-refractivity contribution in [3.63, 3.8) is 0 Å². The second-order valence-corrected chi connectivity index (χ2v) is 4.06. The van der Waals surface area contributed by atoms with Gasteiger partial charge in [-0.25, -0.2) is 4.98 Å². The summed E-state index contributed by atoms with van der Waals surface area (Å²) in [5.41, 5.74) is 6.83. The van der Waals surface area contributed by atoms with Gasteiger partial charge in [-0.3, -0.25) is 0 Å². The van der Waals surface area contributed by atoms with Gasteiger partial charge in [-0.15, -0.1) is 0 Å². The summed E-state index contributed by atoms with van der Waals surface area (Å²) in [6, 6.07) is 3.66. The lowest BCUT2D eigenvalue weighted by Gasteiger charge is -2.25. The molecule has 78 valence electrons. The molecule has 1 aromatic heterocycles. The smallest absolute Gasteiger partial charge is 0.149 e. The van der Waals surface area contributed by atoms with Crippen LogP contribution in [0.15, 0.2) is 12.1 Å². The molecule has 1 heterocycles. The fourth-order valence-electron chi connectivity index (χ4n) is 1.03. The van der Waals surface area contributed by atoms with Crippen molar-refractivity contribution in [1.29, 1.82) is 0 Å². The van der Waals surface area contributed by atoms with Crippen LogP contribution in [0.1, 0.15) is 19.5 Å². The van der Waals surface area contributed by atoms with Crippen LogP contribution in [0.25, 0.3) is 0 Å². The van der Waals surface area contributed by atoms with Crippen LogP contribution in [0.2, 0.25) is 0 Å². The van der Waals surface area contributed by atoms with Crippen molar-refractivity contribution in [3.05, 3.63) is 17.8 Å². The molecule has 0 saturated heterocycles. The van der Waals surface area contributed by atoms with Gasteiger partial charge in [0.25, 0.3) is 0 Å². The summed E-state index contributed by atoms with van der Waals surface area (Å²) in [5, 5.41) is 12.2. The summed E-state index contributed by atoms with van der Waals surface area (Å²) < 4.78 is 0. The molecule has 4 nitrogen and oxygen atoms in total. The number of nitrogens with zero attached hydrogens (tertiary/aromatic N) is 1. The molecule has 0 radical (unpaired) electrons. The Morgan fingerprint density at radius 2 is 2.14 bits per heavy atom. The number of aryl methyl sites for hydroxylation is 1. The molecule has 0 amide bonds. The second-order valence-electron chi connectivity index (χ2n) is 4.06. The number of aromatic nitrogens is 1. The number of aliphatic hydroxyl groups is 1. The van der Waals surface area contributed by atoms with Crippen LogP contribution in [0, 0.1) is 6.92 Å². The first kappa shape index (κ1) is 10.8. The van der Waals surface area contributed by atoms with Crippen LogP contribution in [0.4, 0.5) is 11.5 Å². The van der Waals surface area contributed by atoms with Crippen molar-refractivity contribution < 1.29 is 5.11 Å². The zero-order chi connectivity index (χ0) is 10.8. The van der Waals surface area contributed by atoms with Gasteiger partial charge in [-0.2, -0.15) is 0 Å². The molecule has 0 aliphatic heterocycles. The molecule has 14 heavy (non-hydrogen) atoms. The predicted molar refractivity (Wildman–Crippen MR) is 58.2 cm³/mol. The Morgan fingerprint density at radius 3 is 2.71 bits per heavy atom. The molecule has 0 aliphatic carbocycles. The molecule has 0 fully saturated rings. The van der Waals surface area contributed by atoms with E-state index in [9.17, 15) is 0 Å². The lowest BCUT2D eigenvalue weighted by atomic mass is 10.1. The average Bonchev–Trinajstić information content (AvgIpc) is 2.11. The third kappa shape index (κ3) is 2.60. The number of nitrogens with two attached hydrogens (primary N) is 1. The molecule has 0 unspecified atom stereocenters. The molecule has 4 heteroatoms. The Kier molecular flexibility index (Phi) is 2.96. The third-order valence-electron chi connectivity index (χ3n) is 1.92. The van der Waals surface area contributed by atoms with Gasteiger partial charge in [0.05, 0.1) is 17.8 Å². The standard InChI is InChI=1S/C10H17N3O/c1-7-4-5-8(11)9(12-7)13-10(2,3)6-14/h4-5,14H,6,11H2,1-3H3,(H,12,13). The number of hydrogen-bond donors (Lipinski definition) is 3. The molecule has 0 aliphatic rings. The minimum atomic E-state index is -0.408. The number of aliphatic hydroxyl groups excluding tert-OH is 1. The zero-order valence-corrected chi connectivity index (χ0v) is 8.83. The lowest BCUT2D eigenvalue weighted by Crippen LogP contribution is -2.35. The highest BCUT2D eigenvalue weighted by Gasteiger charge is 2.17. The summed E-state index contributed by atoms with van der Waals surface area (Å²) >= 11 is 0. The summed E-state index contributed by atoms with van der Waals surface area (Å²) in [6.07, 6.45) is 0. The van der Waals surface area contributed by atoms with Gasteiger partial charge in [0.1, 0.15) is 5.82 Å². The maximum Gasteiger partial charge on any atom is 0.149 e. The highest BCUT2D eigenvalue weighted by molar-refractivity contribution is 5.62. The van der Waals surface area contributed by atoms with E-state index in [1.54, 1.807) is 6.07 Å². The topological polar surface area (TPSA) is 71.2 Å². The maximum atomic E-state index is 9.08. The number of anilines is 2. The molecule has 0 aromatic carbocycles. The van der Waals surface area contributed by atoms with Crippen LogP contribution in [0.3, 0.4) is 0 Å². The van der Waals surface area contributed by atoms with Gasteiger partial charge in [-0.05, 0) is 32.9 Å². The quantitative estimate of drug-likeness (QED) is 0.676. The van der Waals surface area contributed by atoms with E-state index in [2.05, 4.69) is 10.3 Å². The normalized spacial score (nSPS) is 11.4. The van der Waals surface area contributed by atoms with Gasteiger partial charge >= 0.3 is 0 Å². The lowest BCUT2D eigenvalue weighted by molar-refractivity contribution is 0.234. The van der Waals surface area contributed by atoms with Crippen molar-refractivity contribution in [2.75, 3.05) is 17.7 Å². The van der Waals surface area contributed by atoms with E-state index in [1.165, 1.54) is 0 Å². The molecule has 0 saturated carbocycles. The van der Waals surface area contributed by atoms with E-state index in [4.69, 9.17) is 10.8 Å². The van der Waals surface area contributed by atoms with E-state index < -0.39 is 5.54 Å². The van der Waals surface area contributed by atoms with Crippen molar-refractivity contribution in [2.45, 2.75) is 26.3 Å². The van der Waals surface area contributed by atoms with Crippen LogP contribution in [-0.4, -0.2) is 22.2 Å². The molecule has 4 N–H and O–H groups in total. The number of nitrogens with one attached hydrogen (secondary N) is 1. The Bertz CT molecular complexity index is 323. The minimum absolute atomic E-state index is 0.0298. The van der Waals surface area contributed by atoms with E-state index >= 15 is 0 Å². The Balaban J connectivity index is 2.91. The van der Waals surface area contributed by atoms with Crippen molar-refractivity contribution >= 4 is 11.5 Å². The largest absolute Gasteiger partial charge is 0.396 e. The van der Waals surface area contributed by atoms with Gasteiger partial charge in [0, 0.05) is 5.69 Å². The van der Waals surface area contributed by atoms with Gasteiger partial charge < -0.3 is 16.2 Å². The Morgan fingerprint density at radius 1 is 1.50 bits per heavy atom. The first-order valence-corrected chi connectivity index (χ1v) is 4.57. The molecular formula is C10H17N3O. The van der Waals surface area contributed by atoms with Gasteiger partial charge in [0.15, 0.2) is 0 Å². The SMILES string of the molecule is Cc1ccc(N)c(NC(C)(C)CO)n1. The summed E-state index contributed by atoms with van der Waals surface area (Å²) in [5.74, 6) is 0.629. The molecule has 0 spiro atoms. The van der Waals surface area contributed by atoms with Gasteiger partial charge in [-0.1, -0.05) is 0 Å². The Labute approximate surface area is 84.2 Å². The number of rotatable bonds is 3. The summed E-state index contributed by atoms with van der Waals surface area (Å²) in [7, 11) is 0. The van der Waals surface area contributed by atoms with Crippen LogP contribution in [-0.2, 0) is 0 Å². The van der Waals surface area contributed by atoms with Crippen LogP contribution < -0.4 is 11.1 Å². The number of pyridine rings is 1. The second kappa shape index (κ2) is 3.84. The zero-order valence-electron chi connectivity index (χ0n) is 8.83. The molecular weight excluding hydrogens is 178 g/mol. The molecule has 0 bridgehead atoms. The molecule has 1 rings (SSSR count). The predicted octanol–water partition coefficient (Wildman–Crippen LogP) is 1.16. The third-order valence-corrected chi connectivity index (χ3v) is 1.92. The first-order chi connectivity index (χ1) is 6.44. The minimum Gasteiger partial charge on any atom is -0.396 e. The van der Waals surface area contributed by atoms with E-state index in [1.807, 2.05) is 26.8 Å². The van der Waals surface area contributed by atoms with Crippen LogP contribution in [0.5, 0.6) is 0 Å². The first-order valence-electron chi connectivity index (χ1n) is 4.57. The average molecular weight is 195 g/mol. The van der Waals surface area contributed by atoms with E-state index in [0.29, 0.717) is 11.5 Å². The van der Waals surface area contributed by atoms with E-state index in [-0.39, 0.29) is 6.61 Å². The van der Waals surface area contributed by atoms with Gasteiger partial charge in [0.2, 0.25) is 0 Å². The van der Waals surface area contributed by atoms with E-state index in [0.717, 1.165) is 5.69 Å². The summed E-state index contributed by atoms with van der Waals surface area (Å²) in [4.78, 5) is 4.26. The summed E-state index contributed by atoms with van der Waals surface area (Å²) in [6.45, 7) is 5.70. The van der Waals surface area contributed by atoms with Crippen molar-refractivity contribution in [3.8, 4) is 0 Å². The monoisotopic (exact) mass is 195 g/mol. The number of nitrogen functional groups attached to an aromatic ring is 1. The maximum absolute atomic E-state index is 9.08. The Hall–Kier alpha value is -1.29. The molecule has 0 atom stereocenters. The highest BCUT2D eigenvalue weighted by Crippen LogP contribution is 2.19. The fraction of sp³-hybridized carbons (Fsp3) is 0.500. The van der Waals surface area contributed by atoms with Crippen molar-refractivity contribution in [1.82, 2.24) is 4.98 Å². The number of hydrogen-bond acceptors (Lipinski definition) is 4. The molecule has 1 aromatic rings. The van der Waals surface area contributed by atoms with Crippen molar-refractivity contribution in [2.24, 2.45) is 0 Å². The highest BCUT2D eigenvalue weighted by atomic mass is 16.3.